The molecule has 1 amide bonds. The van der Waals surface area contributed by atoms with E-state index in [0.717, 1.165) is 17.7 Å². The molecule has 1 fully saturated rings. The summed E-state index contributed by atoms with van der Waals surface area (Å²) in [5.41, 5.74) is 0.126. The molecule has 0 unspecified atom stereocenters. The molecule has 11 heteroatoms. The quantitative estimate of drug-likeness (QED) is 0.401. The van der Waals surface area contributed by atoms with Crippen LogP contribution in [0.3, 0.4) is 0 Å². The Morgan fingerprint density at radius 1 is 1.11 bits per heavy atom. The number of likely N-dealkylation sites (N-methyl/N-ethyl adjacent to an activating group) is 1. The fraction of sp³-hybridized carbons (Fsp3) is 0.292. The average Bonchev–Trinajstić information content (AvgIpc) is 3.26. The average molecular weight is 527 g/mol. The van der Waals surface area contributed by atoms with Gasteiger partial charge in [-0.25, -0.2) is 9.37 Å². The molecule has 4 rings (SSSR count). The van der Waals surface area contributed by atoms with E-state index in [2.05, 4.69) is 9.97 Å². The van der Waals surface area contributed by atoms with E-state index in [1.165, 1.54) is 24.7 Å². The van der Waals surface area contributed by atoms with Crippen molar-refractivity contribution in [3.05, 3.63) is 93.2 Å². The number of carbonyl (C=O) groups is 1. The van der Waals surface area contributed by atoms with Crippen LogP contribution < -0.4 is 0 Å². The SMILES string of the molecule is CN(Cc1ccc(C(F)(F)F)c(F)c1)[C@H]1CN(C(=O)c2cnccn2)C[C@@H]1c1ccc(Cl)c(Cl)c1. The van der Waals surface area contributed by atoms with Crippen LogP contribution in [-0.4, -0.2) is 51.9 Å². The van der Waals surface area contributed by atoms with Crippen LogP contribution >= 0.6 is 23.2 Å². The minimum Gasteiger partial charge on any atom is -0.335 e. The van der Waals surface area contributed by atoms with Crippen molar-refractivity contribution in [1.29, 1.82) is 0 Å². The summed E-state index contributed by atoms with van der Waals surface area (Å²) in [4.78, 5) is 24.6. The van der Waals surface area contributed by atoms with Gasteiger partial charge in [0.1, 0.15) is 11.5 Å². The molecular weight excluding hydrogens is 507 g/mol. The standard InChI is InChI=1S/C24H20Cl2F4N4O/c1-33(11-14-2-4-17(20(27)8-14)24(28,29)30)22-13-34(23(35)21-10-31-6-7-32-21)12-16(22)15-3-5-18(25)19(26)9-15/h2-10,16,22H,11-13H2,1H3/t16-,22+/m1/s1. The van der Waals surface area contributed by atoms with Gasteiger partial charge in [-0.2, -0.15) is 13.2 Å². The van der Waals surface area contributed by atoms with Gasteiger partial charge in [0.25, 0.3) is 5.91 Å². The summed E-state index contributed by atoms with van der Waals surface area (Å²) in [6, 6.07) is 7.90. The van der Waals surface area contributed by atoms with Gasteiger partial charge in [-0.05, 0) is 42.4 Å². The molecule has 2 atom stereocenters. The molecule has 0 spiro atoms. The molecule has 184 valence electrons. The van der Waals surface area contributed by atoms with Crippen molar-refractivity contribution < 1.29 is 22.4 Å². The third-order valence-electron chi connectivity index (χ3n) is 6.07. The number of rotatable bonds is 5. The highest BCUT2D eigenvalue weighted by Gasteiger charge is 2.39. The lowest BCUT2D eigenvalue weighted by Gasteiger charge is -2.29. The minimum atomic E-state index is -4.76. The van der Waals surface area contributed by atoms with Crippen LogP contribution in [0.4, 0.5) is 17.6 Å². The number of hydrogen-bond donors (Lipinski definition) is 0. The number of amides is 1. The summed E-state index contributed by atoms with van der Waals surface area (Å²) in [5, 5.41) is 0.764. The van der Waals surface area contributed by atoms with Crippen LogP contribution in [0.25, 0.3) is 0 Å². The monoisotopic (exact) mass is 526 g/mol. The Labute approximate surface area is 209 Å². The molecule has 0 radical (unpaired) electrons. The first-order valence-corrected chi connectivity index (χ1v) is 11.4. The maximum atomic E-state index is 14.1. The number of carbonyl (C=O) groups excluding carboxylic acids is 1. The second kappa shape index (κ2) is 10.1. The highest BCUT2D eigenvalue weighted by molar-refractivity contribution is 6.42. The fourth-order valence-electron chi connectivity index (χ4n) is 4.33. The van der Waals surface area contributed by atoms with Crippen LogP contribution in [-0.2, 0) is 12.7 Å². The van der Waals surface area contributed by atoms with Gasteiger partial charge in [0.2, 0.25) is 0 Å². The molecule has 0 N–H and O–H groups in total. The molecule has 0 saturated carbocycles. The summed E-state index contributed by atoms with van der Waals surface area (Å²) < 4.78 is 52.9. The van der Waals surface area contributed by atoms with Crippen molar-refractivity contribution >= 4 is 29.1 Å². The van der Waals surface area contributed by atoms with Gasteiger partial charge in [0.15, 0.2) is 0 Å². The molecule has 35 heavy (non-hydrogen) atoms. The first-order chi connectivity index (χ1) is 16.5. The number of alkyl halides is 3. The van der Waals surface area contributed by atoms with Crippen LogP contribution in [0.2, 0.25) is 10.0 Å². The summed E-state index contributed by atoms with van der Waals surface area (Å²) in [6.45, 7) is 0.842. The number of likely N-dealkylation sites (tertiary alicyclic amines) is 1. The molecule has 5 nitrogen and oxygen atoms in total. The van der Waals surface area contributed by atoms with Crippen LogP contribution in [0.15, 0.2) is 55.0 Å². The first-order valence-electron chi connectivity index (χ1n) is 10.6. The molecule has 0 bridgehead atoms. The molecule has 2 heterocycles. The normalized spacial score (nSPS) is 18.3. The summed E-state index contributed by atoms with van der Waals surface area (Å²) in [6.07, 6.45) is -0.472. The largest absolute Gasteiger partial charge is 0.419 e. The lowest BCUT2D eigenvalue weighted by atomic mass is 9.93. The van der Waals surface area contributed by atoms with Gasteiger partial charge in [-0.1, -0.05) is 35.3 Å². The van der Waals surface area contributed by atoms with Gasteiger partial charge in [-0.3, -0.25) is 14.7 Å². The zero-order valence-electron chi connectivity index (χ0n) is 18.4. The summed E-state index contributed by atoms with van der Waals surface area (Å²) in [7, 11) is 1.78. The third-order valence-corrected chi connectivity index (χ3v) is 6.81. The maximum absolute atomic E-state index is 14.1. The Balaban J connectivity index is 1.61. The summed E-state index contributed by atoms with van der Waals surface area (Å²) in [5.74, 6) is -1.80. The van der Waals surface area contributed by atoms with Crippen LogP contribution in [0.1, 0.15) is 33.1 Å². The van der Waals surface area contributed by atoms with E-state index in [9.17, 15) is 22.4 Å². The number of halogens is 6. The van der Waals surface area contributed by atoms with Crippen molar-refractivity contribution in [3.63, 3.8) is 0 Å². The number of aromatic nitrogens is 2. The molecule has 2 aromatic carbocycles. The van der Waals surface area contributed by atoms with Crippen molar-refractivity contribution in [1.82, 2.24) is 19.8 Å². The minimum absolute atomic E-state index is 0.171. The number of hydrogen-bond acceptors (Lipinski definition) is 4. The van der Waals surface area contributed by atoms with Crippen LogP contribution in [0, 0.1) is 5.82 Å². The van der Waals surface area contributed by atoms with E-state index in [0.29, 0.717) is 28.7 Å². The van der Waals surface area contributed by atoms with E-state index in [-0.39, 0.29) is 30.1 Å². The van der Waals surface area contributed by atoms with Gasteiger partial charge >= 0.3 is 6.18 Å². The molecule has 1 saturated heterocycles. The topological polar surface area (TPSA) is 49.3 Å². The van der Waals surface area contributed by atoms with Gasteiger partial charge < -0.3 is 4.90 Å². The van der Waals surface area contributed by atoms with Crippen molar-refractivity contribution in [2.75, 3.05) is 20.1 Å². The smallest absolute Gasteiger partial charge is 0.335 e. The first kappa shape index (κ1) is 25.3. The Kier molecular flexibility index (Phi) is 7.30. The molecule has 0 aliphatic carbocycles. The van der Waals surface area contributed by atoms with E-state index < -0.39 is 17.6 Å². The zero-order chi connectivity index (χ0) is 25.3. The van der Waals surface area contributed by atoms with Crippen molar-refractivity contribution in [3.8, 4) is 0 Å². The molecule has 3 aromatic rings. The number of benzene rings is 2. The summed E-state index contributed by atoms with van der Waals surface area (Å²) >= 11 is 12.3. The van der Waals surface area contributed by atoms with E-state index in [1.54, 1.807) is 24.1 Å². The third kappa shape index (κ3) is 5.58. The van der Waals surface area contributed by atoms with Crippen molar-refractivity contribution in [2.45, 2.75) is 24.7 Å². The molecular formula is C24H20Cl2F4N4O. The molecule has 1 aliphatic heterocycles. The van der Waals surface area contributed by atoms with Crippen molar-refractivity contribution in [2.24, 2.45) is 0 Å². The number of nitrogens with zero attached hydrogens (tertiary/aromatic N) is 4. The molecule has 1 aromatic heterocycles. The Bertz CT molecular complexity index is 1230. The Hall–Kier alpha value is -2.75. The molecule has 1 aliphatic rings. The lowest BCUT2D eigenvalue weighted by molar-refractivity contribution is -0.140. The second-order valence-corrected chi connectivity index (χ2v) is 9.19. The van der Waals surface area contributed by atoms with Crippen LogP contribution in [0.5, 0.6) is 0 Å². The fourth-order valence-corrected chi connectivity index (χ4v) is 4.64. The maximum Gasteiger partial charge on any atom is 0.419 e. The predicted molar refractivity (Wildman–Crippen MR) is 124 cm³/mol. The van der Waals surface area contributed by atoms with E-state index in [1.807, 2.05) is 11.0 Å². The zero-order valence-corrected chi connectivity index (χ0v) is 19.9. The second-order valence-electron chi connectivity index (χ2n) is 8.38. The van der Waals surface area contributed by atoms with E-state index in [4.69, 9.17) is 23.2 Å². The predicted octanol–water partition coefficient (Wildman–Crippen LogP) is 5.68. The van der Waals surface area contributed by atoms with Gasteiger partial charge in [0, 0.05) is 44.0 Å². The highest BCUT2D eigenvalue weighted by Crippen LogP contribution is 2.36. The van der Waals surface area contributed by atoms with Gasteiger partial charge in [0.05, 0.1) is 21.8 Å². The van der Waals surface area contributed by atoms with Gasteiger partial charge in [-0.15, -0.1) is 0 Å². The Morgan fingerprint density at radius 3 is 2.51 bits per heavy atom. The lowest BCUT2D eigenvalue weighted by Crippen LogP contribution is -2.38. The van der Waals surface area contributed by atoms with E-state index >= 15 is 0 Å². The Morgan fingerprint density at radius 2 is 1.89 bits per heavy atom. The highest BCUT2D eigenvalue weighted by atomic mass is 35.5.